The molecular formula is C21H20N2O5. The minimum Gasteiger partial charge on any atom is -0.488 e. The molecule has 0 bridgehead atoms. The number of anilines is 1. The van der Waals surface area contributed by atoms with E-state index in [4.69, 9.17) is 9.26 Å². The molecular weight excluding hydrogens is 360 g/mol. The summed E-state index contributed by atoms with van der Waals surface area (Å²) in [5.41, 5.74) is 2.96. The van der Waals surface area contributed by atoms with Crippen LogP contribution in [0.5, 0.6) is 5.75 Å². The van der Waals surface area contributed by atoms with E-state index in [-0.39, 0.29) is 12.5 Å². The Labute approximate surface area is 162 Å². The number of benzene rings is 2. The van der Waals surface area contributed by atoms with Gasteiger partial charge in [0.1, 0.15) is 18.1 Å². The number of para-hydroxylation sites is 1. The first-order valence-corrected chi connectivity index (χ1v) is 8.63. The first-order chi connectivity index (χ1) is 13.5. The Morgan fingerprint density at radius 3 is 2.43 bits per heavy atom. The van der Waals surface area contributed by atoms with E-state index < -0.39 is 5.97 Å². The molecule has 7 heteroatoms. The smallest absolute Gasteiger partial charge is 0.337 e. The molecule has 28 heavy (non-hydrogen) atoms. The van der Waals surface area contributed by atoms with Crippen molar-refractivity contribution >= 4 is 17.6 Å². The molecule has 0 aliphatic rings. The molecule has 7 nitrogen and oxygen atoms in total. The SMILES string of the molecule is COC(=O)c1ccc(NC(=O)c2ccccc2OCc2c(C)noc2C)cc1. The number of hydrogen-bond acceptors (Lipinski definition) is 6. The molecule has 1 N–H and O–H groups in total. The number of amides is 1. The van der Waals surface area contributed by atoms with Crippen LogP contribution in [0.3, 0.4) is 0 Å². The first kappa shape index (κ1) is 19.2. The van der Waals surface area contributed by atoms with Gasteiger partial charge in [-0.3, -0.25) is 4.79 Å². The van der Waals surface area contributed by atoms with Crippen molar-refractivity contribution in [1.82, 2.24) is 5.16 Å². The summed E-state index contributed by atoms with van der Waals surface area (Å²) >= 11 is 0. The van der Waals surface area contributed by atoms with Crippen LogP contribution in [0.15, 0.2) is 53.1 Å². The highest BCUT2D eigenvalue weighted by atomic mass is 16.5. The molecule has 0 fully saturated rings. The highest BCUT2D eigenvalue weighted by Gasteiger charge is 2.15. The summed E-state index contributed by atoms with van der Waals surface area (Å²) < 4.78 is 15.6. The second-order valence-electron chi connectivity index (χ2n) is 6.11. The van der Waals surface area contributed by atoms with E-state index in [1.807, 2.05) is 13.8 Å². The summed E-state index contributed by atoms with van der Waals surface area (Å²) in [7, 11) is 1.32. The van der Waals surface area contributed by atoms with Gasteiger partial charge in [-0.05, 0) is 50.2 Å². The van der Waals surface area contributed by atoms with Crippen molar-refractivity contribution in [1.29, 1.82) is 0 Å². The van der Waals surface area contributed by atoms with Crippen molar-refractivity contribution in [2.75, 3.05) is 12.4 Å². The molecule has 0 spiro atoms. The number of ether oxygens (including phenoxy) is 2. The number of methoxy groups -OCH3 is 1. The van der Waals surface area contributed by atoms with Gasteiger partial charge in [0, 0.05) is 5.69 Å². The van der Waals surface area contributed by atoms with Crippen molar-refractivity contribution in [2.24, 2.45) is 0 Å². The van der Waals surface area contributed by atoms with Crippen LogP contribution >= 0.6 is 0 Å². The van der Waals surface area contributed by atoms with Gasteiger partial charge in [0.15, 0.2) is 0 Å². The summed E-state index contributed by atoms with van der Waals surface area (Å²) in [4.78, 5) is 24.2. The largest absolute Gasteiger partial charge is 0.488 e. The quantitative estimate of drug-likeness (QED) is 0.652. The second kappa shape index (κ2) is 8.39. The van der Waals surface area contributed by atoms with Crippen molar-refractivity contribution in [3.05, 3.63) is 76.7 Å². The normalized spacial score (nSPS) is 10.4. The molecule has 0 saturated heterocycles. The van der Waals surface area contributed by atoms with Crippen LogP contribution < -0.4 is 10.1 Å². The molecule has 0 atom stereocenters. The molecule has 2 aromatic carbocycles. The Hall–Kier alpha value is -3.61. The number of aromatic nitrogens is 1. The van der Waals surface area contributed by atoms with Gasteiger partial charge in [0.05, 0.1) is 29.5 Å². The lowest BCUT2D eigenvalue weighted by Crippen LogP contribution is -2.14. The molecule has 144 valence electrons. The minimum atomic E-state index is -0.434. The number of hydrogen-bond donors (Lipinski definition) is 1. The predicted octanol–water partition coefficient (Wildman–Crippen LogP) is 3.91. The molecule has 0 aliphatic carbocycles. The molecule has 1 amide bonds. The summed E-state index contributed by atoms with van der Waals surface area (Å²) in [5, 5.41) is 6.70. The van der Waals surface area contributed by atoms with Gasteiger partial charge in [0.2, 0.25) is 0 Å². The Balaban J connectivity index is 1.73. The third-order valence-electron chi connectivity index (χ3n) is 4.25. The fraction of sp³-hybridized carbons (Fsp3) is 0.190. The van der Waals surface area contributed by atoms with Crippen LogP contribution in [0.4, 0.5) is 5.69 Å². The van der Waals surface area contributed by atoms with Crippen molar-refractivity contribution in [2.45, 2.75) is 20.5 Å². The Morgan fingerprint density at radius 2 is 1.79 bits per heavy atom. The second-order valence-corrected chi connectivity index (χ2v) is 6.11. The van der Waals surface area contributed by atoms with Crippen LogP contribution in [-0.2, 0) is 11.3 Å². The number of aryl methyl sites for hydroxylation is 2. The zero-order chi connectivity index (χ0) is 20.1. The Kier molecular flexibility index (Phi) is 5.74. The lowest BCUT2D eigenvalue weighted by Gasteiger charge is -2.12. The van der Waals surface area contributed by atoms with E-state index in [9.17, 15) is 9.59 Å². The number of rotatable bonds is 6. The number of carbonyl (C=O) groups excluding carboxylic acids is 2. The number of nitrogens with zero attached hydrogens (tertiary/aromatic N) is 1. The van der Waals surface area contributed by atoms with Gasteiger partial charge in [-0.15, -0.1) is 0 Å². The summed E-state index contributed by atoms with van der Waals surface area (Å²) in [6.07, 6.45) is 0. The van der Waals surface area contributed by atoms with Gasteiger partial charge in [-0.25, -0.2) is 4.79 Å². The Morgan fingerprint density at radius 1 is 1.07 bits per heavy atom. The van der Waals surface area contributed by atoms with Crippen LogP contribution in [0, 0.1) is 13.8 Å². The average Bonchev–Trinajstić information content (AvgIpc) is 3.04. The van der Waals surface area contributed by atoms with Gasteiger partial charge in [0.25, 0.3) is 5.91 Å². The number of carbonyl (C=O) groups is 2. The Bertz CT molecular complexity index is 973. The molecule has 0 unspecified atom stereocenters. The molecule has 3 aromatic rings. The van der Waals surface area contributed by atoms with Crippen LogP contribution in [-0.4, -0.2) is 24.1 Å². The molecule has 0 aliphatic heterocycles. The highest BCUT2D eigenvalue weighted by Crippen LogP contribution is 2.23. The monoisotopic (exact) mass is 380 g/mol. The average molecular weight is 380 g/mol. The highest BCUT2D eigenvalue weighted by molar-refractivity contribution is 6.06. The number of esters is 1. The number of nitrogens with one attached hydrogen (secondary N) is 1. The fourth-order valence-corrected chi connectivity index (χ4v) is 2.64. The van der Waals surface area contributed by atoms with E-state index in [0.717, 1.165) is 11.3 Å². The standard InChI is InChI=1S/C21H20N2O5/c1-13-18(14(2)28-23-13)12-27-19-7-5-4-6-17(19)20(24)22-16-10-8-15(9-11-16)21(25)26-3/h4-11H,12H2,1-3H3,(H,22,24). The van der Waals surface area contributed by atoms with E-state index in [1.165, 1.54) is 7.11 Å². The van der Waals surface area contributed by atoms with E-state index >= 15 is 0 Å². The minimum absolute atomic E-state index is 0.249. The van der Waals surface area contributed by atoms with Gasteiger partial charge in [-0.2, -0.15) is 0 Å². The third-order valence-corrected chi connectivity index (χ3v) is 4.25. The van der Waals surface area contributed by atoms with E-state index in [1.54, 1.807) is 48.5 Å². The third kappa shape index (κ3) is 4.20. The molecule has 1 heterocycles. The van der Waals surface area contributed by atoms with Gasteiger partial charge >= 0.3 is 5.97 Å². The van der Waals surface area contributed by atoms with Crippen LogP contribution in [0.25, 0.3) is 0 Å². The maximum Gasteiger partial charge on any atom is 0.337 e. The molecule has 3 rings (SSSR count). The molecule has 0 radical (unpaired) electrons. The summed E-state index contributed by atoms with van der Waals surface area (Å²) in [6.45, 7) is 3.90. The summed E-state index contributed by atoms with van der Waals surface area (Å²) in [5.74, 6) is 0.382. The zero-order valence-electron chi connectivity index (χ0n) is 15.8. The topological polar surface area (TPSA) is 90.7 Å². The zero-order valence-corrected chi connectivity index (χ0v) is 15.8. The first-order valence-electron chi connectivity index (χ1n) is 8.63. The fourth-order valence-electron chi connectivity index (χ4n) is 2.64. The van der Waals surface area contributed by atoms with Crippen LogP contribution in [0.2, 0.25) is 0 Å². The molecule has 0 saturated carbocycles. The summed E-state index contributed by atoms with van der Waals surface area (Å²) in [6, 6.07) is 13.4. The van der Waals surface area contributed by atoms with Crippen molar-refractivity contribution in [3.63, 3.8) is 0 Å². The maximum atomic E-state index is 12.7. The lowest BCUT2D eigenvalue weighted by atomic mass is 10.1. The van der Waals surface area contributed by atoms with Gasteiger partial charge < -0.3 is 19.3 Å². The van der Waals surface area contributed by atoms with E-state index in [2.05, 4.69) is 15.2 Å². The predicted molar refractivity (Wildman–Crippen MR) is 102 cm³/mol. The van der Waals surface area contributed by atoms with Crippen LogP contribution in [0.1, 0.15) is 37.7 Å². The lowest BCUT2D eigenvalue weighted by molar-refractivity contribution is 0.0600. The maximum absolute atomic E-state index is 12.7. The van der Waals surface area contributed by atoms with Crippen molar-refractivity contribution in [3.8, 4) is 5.75 Å². The molecule has 1 aromatic heterocycles. The van der Waals surface area contributed by atoms with Gasteiger partial charge in [-0.1, -0.05) is 17.3 Å². The van der Waals surface area contributed by atoms with E-state index in [0.29, 0.717) is 28.3 Å². The van der Waals surface area contributed by atoms with Crippen molar-refractivity contribution < 1.29 is 23.6 Å².